The van der Waals surface area contributed by atoms with E-state index in [-0.39, 0.29) is 11.3 Å². The maximum Gasteiger partial charge on any atom is 0.387 e. The Morgan fingerprint density at radius 3 is 2.22 bits per heavy atom. The minimum Gasteiger partial charge on any atom is -0.435 e. The number of anilines is 1. The van der Waals surface area contributed by atoms with E-state index in [2.05, 4.69) is 10.1 Å². The number of benzene rings is 2. The summed E-state index contributed by atoms with van der Waals surface area (Å²) >= 11 is 0. The summed E-state index contributed by atoms with van der Waals surface area (Å²) in [5.41, 5.74) is 3.17. The van der Waals surface area contributed by atoms with Crippen molar-refractivity contribution in [3.63, 3.8) is 0 Å². The van der Waals surface area contributed by atoms with Crippen LogP contribution in [0.3, 0.4) is 0 Å². The molecule has 2 aromatic carbocycles. The molecule has 4 nitrogen and oxygen atoms in total. The molecule has 0 radical (unpaired) electrons. The first kappa shape index (κ1) is 20.1. The molecule has 0 saturated heterocycles. The van der Waals surface area contributed by atoms with Crippen molar-refractivity contribution in [2.75, 3.05) is 5.32 Å². The third kappa shape index (κ3) is 5.38. The average Bonchev–Trinajstić information content (AvgIpc) is 2.66. The van der Waals surface area contributed by atoms with E-state index in [0.717, 1.165) is 29.7 Å². The third-order valence-corrected chi connectivity index (χ3v) is 4.02. The van der Waals surface area contributed by atoms with Crippen LogP contribution in [0.1, 0.15) is 30.5 Å². The number of aryl methyl sites for hydroxylation is 2. The molecule has 0 fully saturated rings. The molecule has 0 bridgehead atoms. The van der Waals surface area contributed by atoms with Crippen LogP contribution in [0.2, 0.25) is 0 Å². The van der Waals surface area contributed by atoms with Crippen molar-refractivity contribution in [1.82, 2.24) is 0 Å². The minimum atomic E-state index is -2.90. The summed E-state index contributed by atoms with van der Waals surface area (Å²) in [7, 11) is 0. The lowest BCUT2D eigenvalue weighted by atomic mass is 10.0. The van der Waals surface area contributed by atoms with Gasteiger partial charge in [0.15, 0.2) is 0 Å². The maximum absolute atomic E-state index is 12.6. The molecule has 0 spiro atoms. The highest BCUT2D eigenvalue weighted by atomic mass is 19.3. The van der Waals surface area contributed by atoms with Crippen molar-refractivity contribution in [2.24, 2.45) is 0 Å². The molecule has 1 N–H and O–H groups in total. The fourth-order valence-electron chi connectivity index (χ4n) is 2.64. The summed E-state index contributed by atoms with van der Waals surface area (Å²) in [5.74, 6) is -0.504. The number of hydrogen-bond acceptors (Lipinski definition) is 3. The molecule has 0 unspecified atom stereocenters. The zero-order chi connectivity index (χ0) is 19.8. The topological polar surface area (TPSA) is 62.1 Å². The first-order valence-corrected chi connectivity index (χ1v) is 8.57. The van der Waals surface area contributed by atoms with Gasteiger partial charge in [0.05, 0.1) is 0 Å². The van der Waals surface area contributed by atoms with E-state index < -0.39 is 12.5 Å². The van der Waals surface area contributed by atoms with Gasteiger partial charge in [-0.1, -0.05) is 44.2 Å². The van der Waals surface area contributed by atoms with Crippen LogP contribution in [0.4, 0.5) is 14.5 Å². The number of nitrogens with zero attached hydrogens (tertiary/aromatic N) is 1. The van der Waals surface area contributed by atoms with E-state index in [1.165, 1.54) is 30.3 Å². The standard InChI is InChI=1S/C21H20F2N2O2/c1-3-15-6-5-7-16(4-2)19(15)25-20(26)17(13-24)12-14-8-10-18(11-9-14)27-21(22)23/h5-12,21H,3-4H2,1-2H3,(H,25,26)/b17-12-. The lowest BCUT2D eigenvalue weighted by Gasteiger charge is -2.14. The van der Waals surface area contributed by atoms with Gasteiger partial charge in [0, 0.05) is 5.69 Å². The normalized spacial score (nSPS) is 11.2. The van der Waals surface area contributed by atoms with Crippen molar-refractivity contribution >= 4 is 17.7 Å². The number of carbonyl (C=O) groups is 1. The van der Waals surface area contributed by atoms with Crippen LogP contribution >= 0.6 is 0 Å². The summed E-state index contributed by atoms with van der Waals surface area (Å²) in [4.78, 5) is 12.6. The van der Waals surface area contributed by atoms with Gasteiger partial charge in [-0.25, -0.2) is 0 Å². The molecular weight excluding hydrogens is 350 g/mol. The Morgan fingerprint density at radius 1 is 1.15 bits per heavy atom. The van der Waals surface area contributed by atoms with E-state index in [4.69, 9.17) is 0 Å². The molecule has 6 heteroatoms. The highest BCUT2D eigenvalue weighted by molar-refractivity contribution is 6.10. The SMILES string of the molecule is CCc1cccc(CC)c1NC(=O)/C(C#N)=C\c1ccc(OC(F)F)cc1. The number of alkyl halides is 2. The summed E-state index contributed by atoms with van der Waals surface area (Å²) in [6.45, 7) is 1.08. The Morgan fingerprint density at radius 2 is 1.74 bits per heavy atom. The second-order valence-corrected chi connectivity index (χ2v) is 5.73. The molecule has 0 saturated carbocycles. The predicted octanol–water partition coefficient (Wildman–Crippen LogP) is 4.96. The van der Waals surface area contributed by atoms with Crippen molar-refractivity contribution < 1.29 is 18.3 Å². The van der Waals surface area contributed by atoms with Gasteiger partial charge in [0.25, 0.3) is 5.91 Å². The quantitative estimate of drug-likeness (QED) is 0.554. The third-order valence-electron chi connectivity index (χ3n) is 4.02. The second kappa shape index (κ2) is 9.48. The Kier molecular flexibility index (Phi) is 7.07. The van der Waals surface area contributed by atoms with E-state index in [1.807, 2.05) is 38.1 Å². The molecule has 0 aliphatic carbocycles. The second-order valence-electron chi connectivity index (χ2n) is 5.73. The Hall–Kier alpha value is -3.20. The number of nitrogens with one attached hydrogen (secondary N) is 1. The van der Waals surface area contributed by atoms with Crippen molar-refractivity contribution in [3.8, 4) is 11.8 Å². The van der Waals surface area contributed by atoms with Gasteiger partial charge in [-0.05, 0) is 47.7 Å². The first-order chi connectivity index (χ1) is 13.0. The molecule has 0 aliphatic rings. The number of carbonyl (C=O) groups excluding carboxylic acids is 1. The zero-order valence-electron chi connectivity index (χ0n) is 15.1. The zero-order valence-corrected chi connectivity index (χ0v) is 15.1. The molecule has 2 rings (SSSR count). The van der Waals surface area contributed by atoms with Gasteiger partial charge in [0.1, 0.15) is 17.4 Å². The van der Waals surface area contributed by atoms with E-state index >= 15 is 0 Å². The molecule has 0 heterocycles. The number of amides is 1. The van der Waals surface area contributed by atoms with Gasteiger partial charge in [-0.2, -0.15) is 14.0 Å². The first-order valence-electron chi connectivity index (χ1n) is 8.57. The summed E-state index contributed by atoms with van der Waals surface area (Å²) in [6, 6.07) is 13.4. The number of nitriles is 1. The monoisotopic (exact) mass is 370 g/mol. The molecule has 2 aromatic rings. The van der Waals surface area contributed by atoms with Crippen LogP contribution in [0, 0.1) is 11.3 Å². The molecule has 0 aromatic heterocycles. The maximum atomic E-state index is 12.6. The molecule has 1 amide bonds. The van der Waals surface area contributed by atoms with Crippen molar-refractivity contribution in [1.29, 1.82) is 5.26 Å². The van der Waals surface area contributed by atoms with Gasteiger partial charge in [0.2, 0.25) is 0 Å². The van der Waals surface area contributed by atoms with Crippen LogP contribution in [0.25, 0.3) is 6.08 Å². The summed E-state index contributed by atoms with van der Waals surface area (Å²) in [6.07, 6.45) is 2.91. The number of para-hydroxylation sites is 1. The predicted molar refractivity (Wildman–Crippen MR) is 100 cm³/mol. The van der Waals surface area contributed by atoms with E-state index in [9.17, 15) is 18.8 Å². The number of ether oxygens (including phenoxy) is 1. The lowest BCUT2D eigenvalue weighted by Crippen LogP contribution is -2.16. The molecule has 27 heavy (non-hydrogen) atoms. The van der Waals surface area contributed by atoms with Crippen LogP contribution in [0.5, 0.6) is 5.75 Å². The minimum absolute atomic E-state index is 0.00886. The molecule has 0 aliphatic heterocycles. The van der Waals surface area contributed by atoms with Crippen LogP contribution in [-0.4, -0.2) is 12.5 Å². The highest BCUT2D eigenvalue weighted by Gasteiger charge is 2.14. The summed E-state index contributed by atoms with van der Waals surface area (Å²) < 4.78 is 28.7. The van der Waals surface area contributed by atoms with Crippen LogP contribution in [-0.2, 0) is 17.6 Å². The largest absolute Gasteiger partial charge is 0.435 e. The van der Waals surface area contributed by atoms with Gasteiger partial charge >= 0.3 is 6.61 Å². The Balaban J connectivity index is 2.24. The Labute approximate surface area is 157 Å². The van der Waals surface area contributed by atoms with Crippen LogP contribution in [0.15, 0.2) is 48.0 Å². The Bertz CT molecular complexity index is 846. The molecule has 140 valence electrons. The van der Waals surface area contributed by atoms with Gasteiger partial charge in [-0.15, -0.1) is 0 Å². The van der Waals surface area contributed by atoms with E-state index in [0.29, 0.717) is 5.56 Å². The molecular formula is C21H20F2N2O2. The van der Waals surface area contributed by atoms with Crippen molar-refractivity contribution in [2.45, 2.75) is 33.3 Å². The molecule has 0 atom stereocenters. The van der Waals surface area contributed by atoms with Crippen LogP contribution < -0.4 is 10.1 Å². The smallest absolute Gasteiger partial charge is 0.387 e. The number of hydrogen-bond donors (Lipinski definition) is 1. The average molecular weight is 370 g/mol. The van der Waals surface area contributed by atoms with Gasteiger partial charge in [-0.3, -0.25) is 4.79 Å². The van der Waals surface area contributed by atoms with E-state index in [1.54, 1.807) is 0 Å². The summed E-state index contributed by atoms with van der Waals surface area (Å²) in [5, 5.41) is 12.2. The number of rotatable bonds is 7. The number of halogens is 2. The fraction of sp³-hybridized carbons (Fsp3) is 0.238. The van der Waals surface area contributed by atoms with Gasteiger partial charge < -0.3 is 10.1 Å². The highest BCUT2D eigenvalue weighted by Crippen LogP contribution is 2.23. The lowest BCUT2D eigenvalue weighted by molar-refractivity contribution is -0.112. The fourth-order valence-corrected chi connectivity index (χ4v) is 2.64. The van der Waals surface area contributed by atoms with Crippen molar-refractivity contribution in [3.05, 3.63) is 64.7 Å².